The molecule has 0 saturated heterocycles. The predicted octanol–water partition coefficient (Wildman–Crippen LogP) is 2.12. The topological polar surface area (TPSA) is 64.2 Å². The van der Waals surface area contributed by atoms with Crippen molar-refractivity contribution in [2.75, 3.05) is 20.3 Å². The minimum atomic E-state index is -0.313. The zero-order valence-corrected chi connectivity index (χ0v) is 11.1. The second-order valence-electron chi connectivity index (χ2n) is 3.77. The van der Waals surface area contributed by atoms with Crippen LogP contribution in [0.2, 0.25) is 5.15 Å². The number of aromatic nitrogens is 2. The van der Waals surface area contributed by atoms with Gasteiger partial charge in [0.2, 0.25) is 0 Å². The van der Waals surface area contributed by atoms with Gasteiger partial charge in [0.1, 0.15) is 17.5 Å². The third-order valence-electron chi connectivity index (χ3n) is 2.49. The van der Waals surface area contributed by atoms with Gasteiger partial charge in [-0.15, -0.1) is 0 Å². The molecule has 1 N–H and O–H groups in total. The van der Waals surface area contributed by atoms with Crippen molar-refractivity contribution in [3.05, 3.63) is 45.8 Å². The van der Waals surface area contributed by atoms with Crippen molar-refractivity contribution in [1.29, 1.82) is 0 Å². The van der Waals surface area contributed by atoms with Gasteiger partial charge in [0, 0.05) is 12.7 Å². The maximum absolute atomic E-state index is 11.8. The number of hydrogen-bond donors (Lipinski definition) is 1. The van der Waals surface area contributed by atoms with Crippen LogP contribution in [0.5, 0.6) is 5.75 Å². The Morgan fingerprint density at radius 1 is 1.26 bits per heavy atom. The fourth-order valence-electron chi connectivity index (χ4n) is 1.63. The number of benzene rings is 1. The van der Waals surface area contributed by atoms with E-state index in [1.807, 2.05) is 12.1 Å². The normalized spacial score (nSPS) is 10.4. The highest BCUT2D eigenvalue weighted by Gasteiger charge is 2.10. The number of para-hydroxylation sites is 1. The van der Waals surface area contributed by atoms with Gasteiger partial charge in [-0.2, -0.15) is 5.10 Å². The van der Waals surface area contributed by atoms with Crippen molar-refractivity contribution in [1.82, 2.24) is 10.2 Å². The van der Waals surface area contributed by atoms with Gasteiger partial charge in [0.05, 0.1) is 12.2 Å². The highest BCUT2D eigenvalue weighted by molar-refractivity contribution is 6.29. The number of halogens is 1. The maximum atomic E-state index is 11.8. The molecule has 19 heavy (non-hydrogen) atoms. The van der Waals surface area contributed by atoms with Crippen molar-refractivity contribution in [3.8, 4) is 16.9 Å². The summed E-state index contributed by atoms with van der Waals surface area (Å²) in [6.45, 7) is 0.881. The number of ether oxygens (including phenoxy) is 2. The molecule has 0 atom stereocenters. The number of methoxy groups -OCH3 is 1. The smallest absolute Gasteiger partial charge is 0.272 e. The summed E-state index contributed by atoms with van der Waals surface area (Å²) in [5.74, 6) is 0.604. The van der Waals surface area contributed by atoms with Crippen LogP contribution in [-0.4, -0.2) is 30.5 Å². The molecule has 2 aromatic rings. The Balaban J connectivity index is 2.38. The van der Waals surface area contributed by atoms with E-state index in [1.165, 1.54) is 6.07 Å². The van der Waals surface area contributed by atoms with Gasteiger partial charge in [-0.3, -0.25) is 4.79 Å². The number of nitrogens with zero attached hydrogens (tertiary/aromatic N) is 1. The minimum Gasteiger partial charge on any atom is -0.491 e. The van der Waals surface area contributed by atoms with Crippen molar-refractivity contribution < 1.29 is 9.47 Å². The first-order chi connectivity index (χ1) is 9.22. The molecule has 0 spiro atoms. The molecular weight excluding hydrogens is 268 g/mol. The van der Waals surface area contributed by atoms with Crippen molar-refractivity contribution >= 4 is 11.6 Å². The monoisotopic (exact) mass is 280 g/mol. The molecule has 2 rings (SSSR count). The molecule has 0 radical (unpaired) electrons. The Bertz CT molecular complexity index is 613. The molecule has 0 bridgehead atoms. The van der Waals surface area contributed by atoms with Crippen LogP contribution in [0.25, 0.3) is 11.1 Å². The Kier molecular flexibility index (Phi) is 4.54. The fourth-order valence-corrected chi connectivity index (χ4v) is 1.78. The summed E-state index contributed by atoms with van der Waals surface area (Å²) in [6, 6.07) is 8.76. The van der Waals surface area contributed by atoms with E-state index >= 15 is 0 Å². The van der Waals surface area contributed by atoms with Gasteiger partial charge in [0.15, 0.2) is 0 Å². The van der Waals surface area contributed by atoms with Crippen LogP contribution in [0.4, 0.5) is 0 Å². The lowest BCUT2D eigenvalue weighted by atomic mass is 10.1. The standard InChI is InChI=1S/C13H13ClN2O3/c1-18-6-7-19-11-5-3-2-4-9(11)10-8-12(14)15-16-13(10)17/h2-5,8H,6-7H2,1H3,(H,16,17). The molecule has 6 heteroatoms. The predicted molar refractivity (Wildman–Crippen MR) is 72.7 cm³/mol. The molecule has 0 amide bonds. The molecule has 0 aliphatic carbocycles. The first-order valence-corrected chi connectivity index (χ1v) is 6.06. The molecule has 0 aliphatic rings. The van der Waals surface area contributed by atoms with Crippen LogP contribution in [-0.2, 0) is 4.74 Å². The van der Waals surface area contributed by atoms with Crippen LogP contribution in [0.1, 0.15) is 0 Å². The van der Waals surface area contributed by atoms with E-state index in [-0.39, 0.29) is 10.7 Å². The first kappa shape index (κ1) is 13.6. The second kappa shape index (κ2) is 6.36. The zero-order chi connectivity index (χ0) is 13.7. The van der Waals surface area contributed by atoms with E-state index in [1.54, 1.807) is 19.2 Å². The van der Waals surface area contributed by atoms with E-state index in [2.05, 4.69) is 10.2 Å². The number of rotatable bonds is 5. The molecule has 0 aliphatic heterocycles. The van der Waals surface area contributed by atoms with Crippen molar-refractivity contribution in [3.63, 3.8) is 0 Å². The lowest BCUT2D eigenvalue weighted by Crippen LogP contribution is -2.12. The largest absolute Gasteiger partial charge is 0.491 e. The Morgan fingerprint density at radius 3 is 2.84 bits per heavy atom. The van der Waals surface area contributed by atoms with Gasteiger partial charge in [-0.25, -0.2) is 5.10 Å². The third-order valence-corrected chi connectivity index (χ3v) is 2.69. The molecule has 0 unspecified atom stereocenters. The van der Waals surface area contributed by atoms with E-state index in [0.717, 1.165) is 0 Å². The van der Waals surface area contributed by atoms with E-state index in [4.69, 9.17) is 21.1 Å². The van der Waals surface area contributed by atoms with Crippen LogP contribution in [0.3, 0.4) is 0 Å². The van der Waals surface area contributed by atoms with Crippen LogP contribution in [0, 0.1) is 0 Å². The van der Waals surface area contributed by atoms with Gasteiger partial charge in [-0.1, -0.05) is 29.8 Å². The van der Waals surface area contributed by atoms with Crippen LogP contribution in [0.15, 0.2) is 35.1 Å². The highest BCUT2D eigenvalue weighted by Crippen LogP contribution is 2.28. The fraction of sp³-hybridized carbons (Fsp3) is 0.231. The molecule has 1 aromatic heterocycles. The SMILES string of the molecule is COCCOc1ccccc1-c1cc(Cl)n[nH]c1=O. The highest BCUT2D eigenvalue weighted by atomic mass is 35.5. The van der Waals surface area contributed by atoms with Gasteiger partial charge in [0.25, 0.3) is 5.56 Å². The average Bonchev–Trinajstić information content (AvgIpc) is 2.42. The van der Waals surface area contributed by atoms with Gasteiger partial charge >= 0.3 is 0 Å². The third kappa shape index (κ3) is 3.33. The average molecular weight is 281 g/mol. The number of aromatic amines is 1. The molecule has 0 saturated carbocycles. The Labute approximate surface area is 115 Å². The Hall–Kier alpha value is -1.85. The second-order valence-corrected chi connectivity index (χ2v) is 4.16. The molecule has 5 nitrogen and oxygen atoms in total. The van der Waals surface area contributed by atoms with Crippen LogP contribution >= 0.6 is 11.6 Å². The van der Waals surface area contributed by atoms with Gasteiger partial charge in [-0.05, 0) is 12.1 Å². The summed E-state index contributed by atoms with van der Waals surface area (Å²) in [4.78, 5) is 11.8. The van der Waals surface area contributed by atoms with Gasteiger partial charge < -0.3 is 9.47 Å². The van der Waals surface area contributed by atoms with Crippen LogP contribution < -0.4 is 10.3 Å². The summed E-state index contributed by atoms with van der Waals surface area (Å²) >= 11 is 5.80. The summed E-state index contributed by atoms with van der Waals surface area (Å²) in [6.07, 6.45) is 0. The summed E-state index contributed by atoms with van der Waals surface area (Å²) in [5, 5.41) is 6.20. The summed E-state index contributed by atoms with van der Waals surface area (Å²) in [7, 11) is 1.60. The van der Waals surface area contributed by atoms with Crippen molar-refractivity contribution in [2.45, 2.75) is 0 Å². The summed E-state index contributed by atoms with van der Waals surface area (Å²) < 4.78 is 10.5. The van der Waals surface area contributed by atoms with E-state index in [9.17, 15) is 4.79 Å². The minimum absolute atomic E-state index is 0.223. The molecular formula is C13H13ClN2O3. The lowest BCUT2D eigenvalue weighted by Gasteiger charge is -2.10. The van der Waals surface area contributed by atoms with Crippen molar-refractivity contribution in [2.24, 2.45) is 0 Å². The molecule has 1 heterocycles. The molecule has 100 valence electrons. The Morgan fingerprint density at radius 2 is 2.05 bits per heavy atom. The lowest BCUT2D eigenvalue weighted by molar-refractivity contribution is 0.146. The van der Waals surface area contributed by atoms with E-state index < -0.39 is 0 Å². The molecule has 0 fully saturated rings. The first-order valence-electron chi connectivity index (χ1n) is 5.68. The quantitative estimate of drug-likeness (QED) is 0.852. The number of nitrogens with one attached hydrogen (secondary N) is 1. The summed E-state index contributed by atoms with van der Waals surface area (Å²) in [5.41, 5.74) is 0.782. The maximum Gasteiger partial charge on any atom is 0.272 e. The van der Waals surface area contributed by atoms with E-state index in [0.29, 0.717) is 30.1 Å². The zero-order valence-electron chi connectivity index (χ0n) is 10.4. The number of hydrogen-bond acceptors (Lipinski definition) is 4. The number of H-pyrrole nitrogens is 1. The molecule has 1 aromatic carbocycles.